The number of aromatic nitrogens is 2. The molecule has 0 spiro atoms. The maximum Gasteiger partial charge on any atom is 0.261 e. The van der Waals surface area contributed by atoms with Gasteiger partial charge in [-0.2, -0.15) is 0 Å². The van der Waals surface area contributed by atoms with Crippen molar-refractivity contribution in [2.75, 3.05) is 5.43 Å². The van der Waals surface area contributed by atoms with Gasteiger partial charge in [0.2, 0.25) is 5.95 Å². The van der Waals surface area contributed by atoms with E-state index in [9.17, 15) is 4.79 Å². The van der Waals surface area contributed by atoms with E-state index >= 15 is 0 Å². The molecule has 0 unspecified atom stereocenters. The molecule has 0 radical (unpaired) electrons. The van der Waals surface area contributed by atoms with Crippen LogP contribution in [0, 0.1) is 0 Å². The molecule has 4 N–H and O–H groups in total. The molecule has 0 saturated heterocycles. The molecule has 0 aliphatic rings. The summed E-state index contributed by atoms with van der Waals surface area (Å²) in [6, 6.07) is 1.87. The highest BCUT2D eigenvalue weighted by molar-refractivity contribution is 7.18. The second-order valence-corrected chi connectivity index (χ2v) is 3.96. The molecule has 0 bridgehead atoms. The number of nitrogen functional groups attached to an aromatic ring is 1. The minimum absolute atomic E-state index is 0.154. The van der Waals surface area contributed by atoms with Crippen molar-refractivity contribution < 1.29 is 0 Å². The molecule has 2 aromatic heterocycles. The summed E-state index contributed by atoms with van der Waals surface area (Å²) in [4.78, 5) is 20.1. The van der Waals surface area contributed by atoms with Gasteiger partial charge in [-0.15, -0.1) is 11.3 Å². The van der Waals surface area contributed by atoms with E-state index in [2.05, 4.69) is 15.4 Å². The van der Waals surface area contributed by atoms with E-state index in [1.165, 1.54) is 11.3 Å². The summed E-state index contributed by atoms with van der Waals surface area (Å²) >= 11 is 1.51. The van der Waals surface area contributed by atoms with Crippen LogP contribution in [0.4, 0.5) is 5.95 Å². The van der Waals surface area contributed by atoms with Crippen LogP contribution in [-0.4, -0.2) is 9.97 Å². The second-order valence-electron chi connectivity index (χ2n) is 2.84. The van der Waals surface area contributed by atoms with E-state index in [0.717, 1.165) is 16.1 Å². The van der Waals surface area contributed by atoms with Crippen molar-refractivity contribution in [1.82, 2.24) is 9.97 Å². The minimum Gasteiger partial charge on any atom is -0.294 e. The minimum atomic E-state index is -0.154. The first kappa shape index (κ1) is 9.17. The van der Waals surface area contributed by atoms with Crippen LogP contribution >= 0.6 is 11.3 Å². The van der Waals surface area contributed by atoms with Crippen LogP contribution in [0.15, 0.2) is 10.9 Å². The number of hydrogen-bond donors (Lipinski definition) is 3. The smallest absolute Gasteiger partial charge is 0.261 e. The van der Waals surface area contributed by atoms with Gasteiger partial charge in [-0.25, -0.2) is 10.8 Å². The number of fused-ring (bicyclic) bond motifs is 1. The SMILES string of the molecule is CCc1cc2c(=O)[nH]c(NN)nc2s1. The van der Waals surface area contributed by atoms with Gasteiger partial charge in [0.15, 0.2) is 0 Å². The fraction of sp³-hybridized carbons (Fsp3) is 0.250. The van der Waals surface area contributed by atoms with Crippen LogP contribution in [0.2, 0.25) is 0 Å². The van der Waals surface area contributed by atoms with Crippen LogP contribution in [0.1, 0.15) is 11.8 Å². The Hall–Kier alpha value is -1.40. The molecular weight excluding hydrogens is 200 g/mol. The first-order valence-electron chi connectivity index (χ1n) is 4.24. The number of rotatable bonds is 2. The van der Waals surface area contributed by atoms with Gasteiger partial charge in [0.1, 0.15) is 4.83 Å². The first-order chi connectivity index (χ1) is 6.74. The predicted molar refractivity (Wildman–Crippen MR) is 57.4 cm³/mol. The third-order valence-corrected chi connectivity index (χ3v) is 3.11. The Morgan fingerprint density at radius 2 is 2.50 bits per heavy atom. The highest BCUT2D eigenvalue weighted by Crippen LogP contribution is 2.21. The summed E-state index contributed by atoms with van der Waals surface area (Å²) in [7, 11) is 0. The third kappa shape index (κ3) is 1.38. The standard InChI is InChI=1S/C8H10N4OS/c1-2-4-3-5-6(13)10-8(12-9)11-7(5)14-4/h3H,2,9H2,1H3,(H2,10,11,12,13). The number of nitrogens with two attached hydrogens (primary N) is 1. The van der Waals surface area contributed by atoms with Crippen molar-refractivity contribution in [1.29, 1.82) is 0 Å². The first-order valence-corrected chi connectivity index (χ1v) is 5.05. The quantitative estimate of drug-likeness (QED) is 0.506. The largest absolute Gasteiger partial charge is 0.294 e. The van der Waals surface area contributed by atoms with Gasteiger partial charge in [-0.1, -0.05) is 6.92 Å². The highest BCUT2D eigenvalue weighted by atomic mass is 32.1. The van der Waals surface area contributed by atoms with Crippen molar-refractivity contribution in [3.63, 3.8) is 0 Å². The van der Waals surface area contributed by atoms with Crippen LogP contribution in [-0.2, 0) is 6.42 Å². The lowest BCUT2D eigenvalue weighted by molar-refractivity contribution is 1.13. The van der Waals surface area contributed by atoms with E-state index in [1.807, 2.05) is 13.0 Å². The van der Waals surface area contributed by atoms with Gasteiger partial charge in [-0.3, -0.25) is 15.2 Å². The number of aryl methyl sites for hydroxylation is 1. The fourth-order valence-corrected chi connectivity index (χ4v) is 2.19. The Balaban J connectivity index is 2.73. The van der Waals surface area contributed by atoms with Crippen LogP contribution in [0.3, 0.4) is 0 Å². The second kappa shape index (κ2) is 3.39. The number of thiophene rings is 1. The topological polar surface area (TPSA) is 83.8 Å². The van der Waals surface area contributed by atoms with Gasteiger partial charge in [0, 0.05) is 4.88 Å². The Bertz CT molecular complexity index is 516. The molecule has 74 valence electrons. The molecule has 0 saturated carbocycles. The van der Waals surface area contributed by atoms with Gasteiger partial charge >= 0.3 is 0 Å². The van der Waals surface area contributed by atoms with Crippen LogP contribution in [0.25, 0.3) is 10.2 Å². The molecule has 5 nitrogen and oxygen atoms in total. The van der Waals surface area contributed by atoms with E-state index in [4.69, 9.17) is 5.84 Å². The summed E-state index contributed by atoms with van der Waals surface area (Å²) in [6.45, 7) is 2.04. The molecule has 2 aromatic rings. The van der Waals surface area contributed by atoms with Gasteiger partial charge in [-0.05, 0) is 12.5 Å². The average molecular weight is 210 g/mol. The number of H-pyrrole nitrogens is 1. The highest BCUT2D eigenvalue weighted by Gasteiger charge is 2.06. The lowest BCUT2D eigenvalue weighted by atomic mass is 10.3. The maximum atomic E-state index is 11.5. The lowest BCUT2D eigenvalue weighted by Gasteiger charge is -1.96. The zero-order chi connectivity index (χ0) is 10.1. The average Bonchev–Trinajstić information content (AvgIpc) is 2.61. The van der Waals surface area contributed by atoms with Crippen LogP contribution in [0.5, 0.6) is 0 Å². The van der Waals surface area contributed by atoms with Crippen molar-refractivity contribution in [2.24, 2.45) is 5.84 Å². The number of nitrogens with zero attached hydrogens (tertiary/aromatic N) is 1. The number of anilines is 1. The van der Waals surface area contributed by atoms with Crippen molar-refractivity contribution in [3.05, 3.63) is 21.3 Å². The molecule has 2 heterocycles. The van der Waals surface area contributed by atoms with Gasteiger partial charge in [0.25, 0.3) is 5.56 Å². The summed E-state index contributed by atoms with van der Waals surface area (Å²) in [5.41, 5.74) is 2.17. The molecule has 6 heteroatoms. The molecule has 0 aliphatic heterocycles. The summed E-state index contributed by atoms with van der Waals surface area (Å²) in [5, 5.41) is 0.630. The molecule has 0 fully saturated rings. The molecule has 0 atom stereocenters. The van der Waals surface area contributed by atoms with Crippen molar-refractivity contribution in [3.8, 4) is 0 Å². The molecular formula is C8H10N4OS. The Labute approximate surface area is 83.9 Å². The summed E-state index contributed by atoms with van der Waals surface area (Å²) < 4.78 is 0. The van der Waals surface area contributed by atoms with Crippen molar-refractivity contribution >= 4 is 27.5 Å². The molecule has 0 aliphatic carbocycles. The molecule has 14 heavy (non-hydrogen) atoms. The Morgan fingerprint density at radius 3 is 3.14 bits per heavy atom. The lowest BCUT2D eigenvalue weighted by Crippen LogP contribution is -2.16. The number of aromatic amines is 1. The zero-order valence-corrected chi connectivity index (χ0v) is 8.44. The number of hydrogen-bond acceptors (Lipinski definition) is 5. The Kier molecular flexibility index (Phi) is 2.22. The van der Waals surface area contributed by atoms with E-state index in [-0.39, 0.29) is 5.56 Å². The normalized spacial score (nSPS) is 10.7. The molecule has 2 rings (SSSR count). The predicted octanol–water partition coefficient (Wildman–Crippen LogP) is 0.833. The van der Waals surface area contributed by atoms with E-state index in [0.29, 0.717) is 11.3 Å². The summed E-state index contributed by atoms with van der Waals surface area (Å²) in [6.07, 6.45) is 0.909. The Morgan fingerprint density at radius 1 is 1.71 bits per heavy atom. The van der Waals surface area contributed by atoms with E-state index < -0.39 is 0 Å². The summed E-state index contributed by atoms with van der Waals surface area (Å²) in [5.74, 6) is 5.47. The zero-order valence-electron chi connectivity index (χ0n) is 7.63. The van der Waals surface area contributed by atoms with Crippen LogP contribution < -0.4 is 16.8 Å². The number of hydrazine groups is 1. The fourth-order valence-electron chi connectivity index (χ4n) is 1.22. The number of nitrogens with one attached hydrogen (secondary N) is 2. The molecule has 0 aromatic carbocycles. The van der Waals surface area contributed by atoms with E-state index in [1.54, 1.807) is 0 Å². The van der Waals surface area contributed by atoms with Crippen molar-refractivity contribution in [2.45, 2.75) is 13.3 Å². The molecule has 0 amide bonds. The van der Waals surface area contributed by atoms with Gasteiger partial charge in [0.05, 0.1) is 5.39 Å². The monoisotopic (exact) mass is 210 g/mol. The van der Waals surface area contributed by atoms with Gasteiger partial charge < -0.3 is 0 Å². The maximum absolute atomic E-state index is 11.5. The third-order valence-electron chi connectivity index (χ3n) is 1.94.